The Hall–Kier alpha value is -2.09. The van der Waals surface area contributed by atoms with E-state index in [9.17, 15) is 18.3 Å². The molecule has 0 unspecified atom stereocenters. The van der Waals surface area contributed by atoms with Crippen LogP contribution in [0.15, 0.2) is 48.5 Å². The van der Waals surface area contributed by atoms with Gasteiger partial charge in [-0.3, -0.25) is 0 Å². The summed E-state index contributed by atoms with van der Waals surface area (Å²) in [4.78, 5) is 0. The zero-order chi connectivity index (χ0) is 19.3. The highest BCUT2D eigenvalue weighted by atomic mass is 19.4. The summed E-state index contributed by atoms with van der Waals surface area (Å²) >= 11 is 0. The molecule has 0 aliphatic carbocycles. The second-order valence-electron chi connectivity index (χ2n) is 6.72. The number of ether oxygens (including phenoxy) is 2. The van der Waals surface area contributed by atoms with E-state index < -0.39 is 17.3 Å². The fraction of sp³-hybridized carbons (Fsp3) is 0.400. The molecule has 1 heterocycles. The molecule has 1 aliphatic heterocycles. The molecule has 146 valence electrons. The van der Waals surface area contributed by atoms with Crippen LogP contribution in [0.5, 0.6) is 11.5 Å². The summed E-state index contributed by atoms with van der Waals surface area (Å²) in [5.74, 6) is 0.588. The van der Waals surface area contributed by atoms with Gasteiger partial charge in [0.1, 0.15) is 11.5 Å². The van der Waals surface area contributed by atoms with Gasteiger partial charge >= 0.3 is 6.18 Å². The molecule has 1 saturated heterocycles. The summed E-state index contributed by atoms with van der Waals surface area (Å²) in [5.41, 5.74) is -0.595. The predicted octanol–water partition coefficient (Wildman–Crippen LogP) is 4.13. The maximum atomic E-state index is 12.8. The number of alkyl halides is 3. The Kier molecular flexibility index (Phi) is 6.04. The minimum atomic E-state index is -4.41. The number of rotatable bonds is 6. The average Bonchev–Trinajstić information content (AvgIpc) is 2.62. The summed E-state index contributed by atoms with van der Waals surface area (Å²) in [6, 6.07) is 11.9. The van der Waals surface area contributed by atoms with Gasteiger partial charge in [-0.25, -0.2) is 0 Å². The van der Waals surface area contributed by atoms with Crippen LogP contribution in [-0.4, -0.2) is 30.5 Å². The lowest BCUT2D eigenvalue weighted by molar-refractivity contribution is -0.137. The molecular weight excluding hydrogens is 359 g/mol. The van der Waals surface area contributed by atoms with E-state index in [4.69, 9.17) is 9.47 Å². The second-order valence-corrected chi connectivity index (χ2v) is 6.72. The molecule has 1 fully saturated rings. The van der Waals surface area contributed by atoms with Gasteiger partial charge in [-0.15, -0.1) is 0 Å². The second kappa shape index (κ2) is 8.29. The Morgan fingerprint density at radius 1 is 1.04 bits per heavy atom. The maximum Gasteiger partial charge on any atom is 0.416 e. The molecule has 2 aromatic carbocycles. The molecule has 0 spiro atoms. The summed E-state index contributed by atoms with van der Waals surface area (Å²) < 4.78 is 49.2. The van der Waals surface area contributed by atoms with E-state index in [1.54, 1.807) is 18.2 Å². The third-order valence-corrected chi connectivity index (χ3v) is 4.50. The first-order valence-corrected chi connectivity index (χ1v) is 8.79. The quantitative estimate of drug-likeness (QED) is 0.790. The van der Waals surface area contributed by atoms with Gasteiger partial charge in [-0.1, -0.05) is 18.2 Å². The first-order chi connectivity index (χ1) is 12.8. The first-order valence-electron chi connectivity index (χ1n) is 8.79. The molecular formula is C20H22F3NO3. The normalized spacial score (nSPS) is 16.9. The van der Waals surface area contributed by atoms with Crippen LogP contribution in [0.3, 0.4) is 0 Å². The number of aliphatic hydroxyl groups is 1. The van der Waals surface area contributed by atoms with E-state index >= 15 is 0 Å². The standard InChI is InChI=1S/C20H22F3NO3/c21-20(22,23)16-4-2-6-18(12-16)27-17-5-1-3-15(11-17)13-24-14-19(25)7-9-26-10-8-19/h1-6,11-12,24-25H,7-10,13-14H2. The number of halogens is 3. The highest BCUT2D eigenvalue weighted by molar-refractivity contribution is 5.36. The summed E-state index contributed by atoms with van der Waals surface area (Å²) in [6.45, 7) is 2.08. The molecule has 0 bridgehead atoms. The van der Waals surface area contributed by atoms with Crippen LogP contribution in [0, 0.1) is 0 Å². The predicted molar refractivity (Wildman–Crippen MR) is 94.7 cm³/mol. The van der Waals surface area contributed by atoms with Gasteiger partial charge in [-0.05, 0) is 35.9 Å². The minimum Gasteiger partial charge on any atom is -0.457 e. The summed E-state index contributed by atoms with van der Waals surface area (Å²) in [5, 5.41) is 13.7. The van der Waals surface area contributed by atoms with E-state index in [2.05, 4.69) is 5.32 Å². The molecule has 2 N–H and O–H groups in total. The third kappa shape index (κ3) is 5.69. The molecule has 0 amide bonds. The Morgan fingerprint density at radius 2 is 1.70 bits per heavy atom. The van der Waals surface area contributed by atoms with Crippen molar-refractivity contribution in [2.45, 2.75) is 31.2 Å². The fourth-order valence-electron chi connectivity index (χ4n) is 2.96. The SMILES string of the molecule is OC1(CNCc2cccc(Oc3cccc(C(F)(F)F)c3)c2)CCOCC1. The number of hydrogen-bond acceptors (Lipinski definition) is 4. The topological polar surface area (TPSA) is 50.7 Å². The maximum absolute atomic E-state index is 12.8. The highest BCUT2D eigenvalue weighted by Crippen LogP contribution is 2.32. The zero-order valence-electron chi connectivity index (χ0n) is 14.8. The van der Waals surface area contributed by atoms with Crippen molar-refractivity contribution < 1.29 is 27.8 Å². The molecule has 7 heteroatoms. The van der Waals surface area contributed by atoms with Gasteiger partial charge in [0.05, 0.1) is 11.2 Å². The molecule has 2 aromatic rings. The molecule has 0 aromatic heterocycles. The Bertz CT molecular complexity index is 758. The van der Waals surface area contributed by atoms with Crippen molar-refractivity contribution in [3.05, 3.63) is 59.7 Å². The lowest BCUT2D eigenvalue weighted by Crippen LogP contribution is -2.44. The number of benzene rings is 2. The van der Waals surface area contributed by atoms with E-state index in [1.165, 1.54) is 12.1 Å². The highest BCUT2D eigenvalue weighted by Gasteiger charge is 2.31. The lowest BCUT2D eigenvalue weighted by atomic mass is 9.94. The van der Waals surface area contributed by atoms with Crippen LogP contribution in [0.1, 0.15) is 24.0 Å². The molecule has 0 saturated carbocycles. The largest absolute Gasteiger partial charge is 0.457 e. The molecule has 0 atom stereocenters. The molecule has 27 heavy (non-hydrogen) atoms. The van der Waals surface area contributed by atoms with Crippen LogP contribution in [0.25, 0.3) is 0 Å². The van der Waals surface area contributed by atoms with Crippen molar-refractivity contribution in [3.8, 4) is 11.5 Å². The van der Waals surface area contributed by atoms with E-state index in [1.807, 2.05) is 6.07 Å². The van der Waals surface area contributed by atoms with Crippen LogP contribution in [0.4, 0.5) is 13.2 Å². The van der Waals surface area contributed by atoms with Crippen molar-refractivity contribution in [2.24, 2.45) is 0 Å². The van der Waals surface area contributed by atoms with Crippen LogP contribution >= 0.6 is 0 Å². The van der Waals surface area contributed by atoms with Gasteiger partial charge < -0.3 is 19.9 Å². The first kappa shape index (κ1) is 19.7. The zero-order valence-corrected chi connectivity index (χ0v) is 14.8. The van der Waals surface area contributed by atoms with Crippen LogP contribution < -0.4 is 10.1 Å². The van der Waals surface area contributed by atoms with Crippen molar-refractivity contribution in [1.82, 2.24) is 5.32 Å². The summed E-state index contributed by atoms with van der Waals surface area (Å²) in [7, 11) is 0. The van der Waals surface area contributed by atoms with E-state index in [0.717, 1.165) is 17.7 Å². The molecule has 1 aliphatic rings. The minimum absolute atomic E-state index is 0.131. The van der Waals surface area contributed by atoms with Gasteiger partial charge in [0.2, 0.25) is 0 Å². The van der Waals surface area contributed by atoms with E-state index in [-0.39, 0.29) is 5.75 Å². The Morgan fingerprint density at radius 3 is 2.41 bits per heavy atom. The molecule has 3 rings (SSSR count). The van der Waals surface area contributed by atoms with E-state index in [0.29, 0.717) is 44.9 Å². The number of hydrogen-bond donors (Lipinski definition) is 2. The van der Waals surface area contributed by atoms with Gasteiger partial charge in [-0.2, -0.15) is 13.2 Å². The molecule has 0 radical (unpaired) electrons. The van der Waals surface area contributed by atoms with Crippen molar-refractivity contribution in [3.63, 3.8) is 0 Å². The summed E-state index contributed by atoms with van der Waals surface area (Å²) in [6.07, 6.45) is -3.22. The molecule has 4 nitrogen and oxygen atoms in total. The van der Waals surface area contributed by atoms with Gasteiger partial charge in [0, 0.05) is 39.1 Å². The lowest BCUT2D eigenvalue weighted by Gasteiger charge is -2.32. The van der Waals surface area contributed by atoms with Crippen LogP contribution in [0.2, 0.25) is 0 Å². The Balaban J connectivity index is 1.59. The third-order valence-electron chi connectivity index (χ3n) is 4.50. The smallest absolute Gasteiger partial charge is 0.416 e. The van der Waals surface area contributed by atoms with Gasteiger partial charge in [0.15, 0.2) is 0 Å². The Labute approximate surface area is 155 Å². The number of nitrogens with one attached hydrogen (secondary N) is 1. The van der Waals surface area contributed by atoms with Gasteiger partial charge in [0.25, 0.3) is 0 Å². The monoisotopic (exact) mass is 381 g/mol. The average molecular weight is 381 g/mol. The van der Waals surface area contributed by atoms with Crippen molar-refractivity contribution in [2.75, 3.05) is 19.8 Å². The van der Waals surface area contributed by atoms with Crippen molar-refractivity contribution in [1.29, 1.82) is 0 Å². The fourth-order valence-corrected chi connectivity index (χ4v) is 2.96. The van der Waals surface area contributed by atoms with Crippen molar-refractivity contribution >= 4 is 0 Å². The van der Waals surface area contributed by atoms with Crippen LogP contribution in [-0.2, 0) is 17.5 Å².